The molecule has 44 nitrogen and oxygen atoms in total. The minimum atomic E-state index is -4.54. The second-order valence-electron chi connectivity index (χ2n) is 14.9. The minimum Gasteiger partial charge on any atom is -0.395 e. The lowest BCUT2D eigenvalue weighted by atomic mass is 10.4. The second-order valence-corrected chi connectivity index (χ2v) is 24.8. The molecule has 0 atom stereocenters. The van der Waals surface area contributed by atoms with E-state index < -0.39 is 62.6 Å². The third kappa shape index (κ3) is 84.6. The summed E-state index contributed by atoms with van der Waals surface area (Å²) in [6.45, 7) is -0.0498. The summed E-state index contributed by atoms with van der Waals surface area (Å²) in [5.74, 6) is 0. The van der Waals surface area contributed by atoms with Crippen LogP contribution in [-0.2, 0) is 72.7 Å². The Balaban J connectivity index is -0.000000305. The van der Waals surface area contributed by atoms with E-state index in [1.165, 1.54) is 19.6 Å². The normalized spacial score (nSPS) is 12.9. The molecule has 0 saturated heterocycles. The molecular formula is C30H83N5O39P8. The monoisotopic (exact) mass is 1390 g/mol. The fourth-order valence-corrected chi connectivity index (χ4v) is 7.53. The number of phosphoric acid groups is 8. The Morgan fingerprint density at radius 3 is 0.341 bits per heavy atom. The average Bonchev–Trinajstić information content (AvgIpc) is 3.27. The van der Waals surface area contributed by atoms with Crippen LogP contribution in [0.25, 0.3) is 0 Å². The van der Waals surface area contributed by atoms with Crippen molar-refractivity contribution in [2.24, 2.45) is 0 Å². The van der Waals surface area contributed by atoms with E-state index in [1.807, 2.05) is 0 Å². The number of hydrogen-bond donors (Lipinski definition) is 23. The van der Waals surface area contributed by atoms with Crippen LogP contribution in [0.15, 0.2) is 0 Å². The average molecular weight is 1390 g/mol. The van der Waals surface area contributed by atoms with Gasteiger partial charge in [-0.1, -0.05) is 0 Å². The van der Waals surface area contributed by atoms with Crippen LogP contribution < -0.4 is 0 Å². The molecule has 23 N–H and O–H groups in total. The van der Waals surface area contributed by atoms with Crippen LogP contribution in [0, 0.1) is 0 Å². The third-order valence-electron chi connectivity index (χ3n) is 8.25. The van der Waals surface area contributed by atoms with Crippen LogP contribution in [0.5, 0.6) is 0 Å². The van der Waals surface area contributed by atoms with Gasteiger partial charge in [0.05, 0.1) is 99.1 Å². The Morgan fingerprint density at radius 1 is 0.183 bits per heavy atom. The van der Waals surface area contributed by atoms with E-state index in [4.69, 9.17) is 114 Å². The van der Waals surface area contributed by atoms with E-state index in [0.717, 1.165) is 0 Å². The van der Waals surface area contributed by atoms with E-state index in [1.54, 1.807) is 4.90 Å². The van der Waals surface area contributed by atoms with Crippen LogP contribution in [0.3, 0.4) is 0 Å². The van der Waals surface area contributed by atoms with Crippen LogP contribution >= 0.6 is 62.6 Å². The highest BCUT2D eigenvalue weighted by Crippen LogP contribution is 2.39. The van der Waals surface area contributed by atoms with Gasteiger partial charge in [-0.3, -0.25) is 60.7 Å². The summed E-state index contributed by atoms with van der Waals surface area (Å²) >= 11 is 0. The van der Waals surface area contributed by atoms with Gasteiger partial charge in [-0.05, 0) is 0 Å². The summed E-state index contributed by atoms with van der Waals surface area (Å²) in [6.07, 6.45) is 0. The fourth-order valence-electron chi connectivity index (χ4n) is 4.98. The van der Waals surface area contributed by atoms with Crippen molar-refractivity contribution in [2.75, 3.05) is 197 Å². The number of aliphatic hydroxyl groups is 7. The van der Waals surface area contributed by atoms with E-state index in [-0.39, 0.29) is 178 Å². The summed E-state index contributed by atoms with van der Waals surface area (Å²) in [5.41, 5.74) is 0. The molecule has 0 heterocycles. The smallest absolute Gasteiger partial charge is 0.395 e. The van der Waals surface area contributed by atoms with E-state index >= 15 is 0 Å². The highest BCUT2D eigenvalue weighted by atomic mass is 31.2. The molecule has 0 aromatic heterocycles. The van der Waals surface area contributed by atoms with E-state index in [2.05, 4.69) is 36.2 Å². The first-order valence-electron chi connectivity index (χ1n) is 22.9. The van der Waals surface area contributed by atoms with Crippen molar-refractivity contribution >= 4 is 62.6 Å². The van der Waals surface area contributed by atoms with Crippen molar-refractivity contribution in [3.05, 3.63) is 0 Å². The Kier molecular flexibility index (Phi) is 56.9. The molecule has 0 spiro atoms. The molecule has 0 rings (SSSR count). The predicted octanol–water partition coefficient (Wildman–Crippen LogP) is -7.74. The largest absolute Gasteiger partial charge is 0.469 e. The molecule has 0 unspecified atom stereocenters. The molecule has 0 aliphatic carbocycles. The molecule has 0 amide bonds. The Morgan fingerprint density at radius 2 is 0.268 bits per heavy atom. The lowest BCUT2D eigenvalue weighted by molar-refractivity contribution is 0.119. The number of aliphatic hydroxyl groups excluding tert-OH is 7. The Labute approximate surface area is 470 Å². The quantitative estimate of drug-likeness (QED) is 0.0252. The fraction of sp³-hybridized carbons (Fsp3) is 1.00. The van der Waals surface area contributed by atoms with Gasteiger partial charge in [0.1, 0.15) is 0 Å². The summed E-state index contributed by atoms with van der Waals surface area (Å²) < 4.78 is 117. The van der Waals surface area contributed by atoms with E-state index in [0.29, 0.717) is 19.6 Å². The highest BCUT2D eigenvalue weighted by molar-refractivity contribution is 7.48. The Hall–Kier alpha value is 0.400. The van der Waals surface area contributed by atoms with Crippen LogP contribution in [0.2, 0.25) is 0 Å². The number of hydrogen-bond acceptors (Lipinski definition) is 28. The summed E-state index contributed by atoms with van der Waals surface area (Å²) in [4.78, 5) is 143. The van der Waals surface area contributed by atoms with Gasteiger partial charge in [0.25, 0.3) is 0 Å². The van der Waals surface area contributed by atoms with Gasteiger partial charge < -0.3 is 114 Å². The highest BCUT2D eigenvalue weighted by Gasteiger charge is 2.21. The lowest BCUT2D eigenvalue weighted by Gasteiger charge is -2.21. The zero-order valence-corrected chi connectivity index (χ0v) is 51.0. The van der Waals surface area contributed by atoms with Gasteiger partial charge >= 0.3 is 62.6 Å². The topological polar surface area (TPSA) is 692 Å². The van der Waals surface area contributed by atoms with Crippen molar-refractivity contribution < 1.29 is 187 Å². The van der Waals surface area contributed by atoms with Crippen molar-refractivity contribution in [2.45, 2.75) is 0 Å². The molecule has 0 radical (unpaired) electrons. The predicted molar refractivity (Wildman–Crippen MR) is 276 cm³/mol. The number of nitrogens with zero attached hydrogens (tertiary/aromatic N) is 5. The number of rotatable bonds is 46. The van der Waals surface area contributed by atoms with Crippen LogP contribution in [0.1, 0.15) is 0 Å². The maximum absolute atomic E-state index is 10.4. The standard InChI is InChI=1S/4C6H17NO9P2.C6H15NO3/c4*8-4-1-7(2-5-15-17(9,10)11)3-6-16-18(12,13)14;8-4-1-7(2-5-9)3-6-10/h4*8H,1-6H2,(H2,9,10,11)(H2,12,13,14);8-10H,1-6H2. The first kappa shape index (κ1) is 91.1. The molecule has 0 fully saturated rings. The van der Waals surface area contributed by atoms with Gasteiger partial charge in [-0.15, -0.1) is 0 Å². The Bertz CT molecular complexity index is 1540. The molecule has 502 valence electrons. The van der Waals surface area contributed by atoms with Crippen molar-refractivity contribution in [1.29, 1.82) is 0 Å². The van der Waals surface area contributed by atoms with Gasteiger partial charge in [0.15, 0.2) is 0 Å². The van der Waals surface area contributed by atoms with Crippen molar-refractivity contribution in [3.8, 4) is 0 Å². The molecule has 0 aromatic carbocycles. The SMILES string of the molecule is O=P(O)(O)OCCN(CCO)CCOP(=O)(O)O.O=P(O)(O)OCCN(CCO)CCOP(=O)(O)O.O=P(O)(O)OCCN(CCO)CCOP(=O)(O)O.O=P(O)(O)OCCN(CCO)CCOP(=O)(O)O.OCCN(CCO)CCO. The number of phosphoric ester groups is 8. The molecule has 0 saturated carbocycles. The van der Waals surface area contributed by atoms with Gasteiger partial charge in [0, 0.05) is 98.2 Å². The first-order chi connectivity index (χ1) is 37.4. The van der Waals surface area contributed by atoms with Gasteiger partial charge in [-0.25, -0.2) is 36.5 Å². The molecule has 0 aromatic rings. The van der Waals surface area contributed by atoms with Gasteiger partial charge in [-0.2, -0.15) is 0 Å². The maximum Gasteiger partial charge on any atom is 0.469 e. The zero-order chi connectivity index (χ0) is 64.8. The summed E-state index contributed by atoms with van der Waals surface area (Å²) in [5, 5.41) is 60.4. The lowest BCUT2D eigenvalue weighted by Crippen LogP contribution is -2.33. The summed E-state index contributed by atoms with van der Waals surface area (Å²) in [6, 6.07) is 0. The minimum absolute atomic E-state index is 0.0694. The molecule has 0 aliphatic heterocycles. The van der Waals surface area contributed by atoms with Crippen molar-refractivity contribution in [1.82, 2.24) is 24.5 Å². The second kappa shape index (κ2) is 51.2. The van der Waals surface area contributed by atoms with Crippen LogP contribution in [-0.4, -0.2) is 336 Å². The van der Waals surface area contributed by atoms with E-state index in [9.17, 15) is 36.5 Å². The van der Waals surface area contributed by atoms with Gasteiger partial charge in [0.2, 0.25) is 0 Å². The molecular weight excluding hydrogens is 1300 g/mol. The molecule has 52 heteroatoms. The van der Waals surface area contributed by atoms with Crippen LogP contribution in [0.4, 0.5) is 0 Å². The summed E-state index contributed by atoms with van der Waals surface area (Å²) in [7, 11) is -36.3. The molecule has 0 bridgehead atoms. The maximum atomic E-state index is 10.4. The molecule has 82 heavy (non-hydrogen) atoms. The first-order valence-corrected chi connectivity index (χ1v) is 35.1. The molecule has 0 aliphatic rings. The third-order valence-corrected chi connectivity index (χ3v) is 12.4. The van der Waals surface area contributed by atoms with Crippen molar-refractivity contribution in [3.63, 3.8) is 0 Å². The zero-order valence-electron chi connectivity index (χ0n) is 43.8.